The monoisotopic (exact) mass is 242 g/mol. The summed E-state index contributed by atoms with van der Waals surface area (Å²) in [6.45, 7) is 8.04. The Bertz CT molecular complexity index is 228. The van der Waals surface area contributed by atoms with Gasteiger partial charge in [0, 0.05) is 13.0 Å². The number of unbranched alkanes of at least 4 members (excludes halogenated alkanes) is 1. The lowest BCUT2D eigenvalue weighted by molar-refractivity contribution is 0.00244. The van der Waals surface area contributed by atoms with E-state index in [-0.39, 0.29) is 6.10 Å². The summed E-state index contributed by atoms with van der Waals surface area (Å²) in [4.78, 5) is 0. The minimum Gasteiger partial charge on any atom is -0.379 e. The molecule has 0 aliphatic rings. The van der Waals surface area contributed by atoms with Crippen LogP contribution >= 0.6 is 0 Å². The van der Waals surface area contributed by atoms with Gasteiger partial charge in [0.2, 0.25) is 0 Å². The summed E-state index contributed by atoms with van der Waals surface area (Å²) in [6.07, 6.45) is 2.98. The van der Waals surface area contributed by atoms with Gasteiger partial charge >= 0.3 is 0 Å². The van der Waals surface area contributed by atoms with Crippen LogP contribution in [0.1, 0.15) is 40.0 Å². The van der Waals surface area contributed by atoms with Crippen LogP contribution in [-0.4, -0.2) is 38.5 Å². The van der Waals surface area contributed by atoms with E-state index in [1.165, 1.54) is 0 Å². The number of nitrogens with one attached hydrogen (secondary N) is 1. The Balaban J connectivity index is 3.59. The van der Waals surface area contributed by atoms with Gasteiger partial charge in [-0.1, -0.05) is 13.3 Å². The standard InChI is InChI=1S/C13H26N2O2/c1-5-6-7-16-8-9-17-12(2)10-13(3,11-14)15-4/h12,15H,5-10H2,1-4H3. The van der Waals surface area contributed by atoms with E-state index in [1.807, 2.05) is 13.8 Å². The van der Waals surface area contributed by atoms with Crippen molar-refractivity contribution >= 4 is 0 Å². The quantitative estimate of drug-likeness (QED) is 0.596. The summed E-state index contributed by atoms with van der Waals surface area (Å²) in [5, 5.41) is 12.0. The Labute approximate surface area is 105 Å². The first-order valence-electron chi connectivity index (χ1n) is 6.37. The fourth-order valence-corrected chi connectivity index (χ4v) is 1.49. The normalized spacial score (nSPS) is 16.2. The lowest BCUT2D eigenvalue weighted by Crippen LogP contribution is -2.41. The number of rotatable bonds is 10. The number of hydrogen-bond acceptors (Lipinski definition) is 4. The Kier molecular flexibility index (Phi) is 9.06. The summed E-state index contributed by atoms with van der Waals surface area (Å²) >= 11 is 0. The van der Waals surface area contributed by atoms with Gasteiger partial charge in [0.25, 0.3) is 0 Å². The van der Waals surface area contributed by atoms with Gasteiger partial charge in [0.15, 0.2) is 0 Å². The van der Waals surface area contributed by atoms with Crippen LogP contribution in [0.3, 0.4) is 0 Å². The Morgan fingerprint density at radius 1 is 1.35 bits per heavy atom. The second kappa shape index (κ2) is 9.41. The van der Waals surface area contributed by atoms with Crippen LogP contribution in [-0.2, 0) is 9.47 Å². The Morgan fingerprint density at radius 3 is 2.59 bits per heavy atom. The molecular formula is C13H26N2O2. The highest BCUT2D eigenvalue weighted by Crippen LogP contribution is 2.12. The van der Waals surface area contributed by atoms with Crippen LogP contribution < -0.4 is 5.32 Å². The minimum absolute atomic E-state index is 0.0573. The first-order chi connectivity index (χ1) is 8.08. The van der Waals surface area contributed by atoms with Crippen LogP contribution in [0.15, 0.2) is 0 Å². The molecule has 0 rings (SSSR count). The number of nitriles is 1. The molecule has 100 valence electrons. The summed E-state index contributed by atoms with van der Waals surface area (Å²) in [7, 11) is 1.80. The van der Waals surface area contributed by atoms with Gasteiger partial charge in [-0.25, -0.2) is 0 Å². The van der Waals surface area contributed by atoms with Gasteiger partial charge in [-0.3, -0.25) is 0 Å². The molecule has 0 saturated heterocycles. The van der Waals surface area contributed by atoms with Crippen molar-refractivity contribution in [3.05, 3.63) is 0 Å². The van der Waals surface area contributed by atoms with Crippen LogP contribution in [0, 0.1) is 11.3 Å². The van der Waals surface area contributed by atoms with Crippen LogP contribution in [0.4, 0.5) is 0 Å². The summed E-state index contributed by atoms with van der Waals surface area (Å²) in [5.74, 6) is 0. The molecule has 0 spiro atoms. The molecule has 0 aromatic rings. The molecule has 0 aromatic carbocycles. The molecule has 1 N–H and O–H groups in total. The predicted octanol–water partition coefficient (Wildman–Crippen LogP) is 2.10. The molecular weight excluding hydrogens is 216 g/mol. The van der Waals surface area contributed by atoms with Crippen LogP contribution in [0.5, 0.6) is 0 Å². The molecule has 0 aliphatic carbocycles. The van der Waals surface area contributed by atoms with Crippen molar-refractivity contribution in [3.63, 3.8) is 0 Å². The lowest BCUT2D eigenvalue weighted by atomic mass is 9.97. The van der Waals surface area contributed by atoms with Crippen molar-refractivity contribution in [2.45, 2.75) is 51.7 Å². The maximum Gasteiger partial charge on any atom is 0.106 e. The van der Waals surface area contributed by atoms with Crippen molar-refractivity contribution in [2.24, 2.45) is 0 Å². The molecule has 0 bridgehead atoms. The molecule has 17 heavy (non-hydrogen) atoms. The molecule has 0 heterocycles. The van der Waals surface area contributed by atoms with Crippen molar-refractivity contribution in [1.29, 1.82) is 5.26 Å². The first kappa shape index (κ1) is 16.4. The number of ether oxygens (including phenoxy) is 2. The van der Waals surface area contributed by atoms with E-state index in [4.69, 9.17) is 14.7 Å². The molecule has 4 heteroatoms. The predicted molar refractivity (Wildman–Crippen MR) is 68.8 cm³/mol. The molecule has 0 radical (unpaired) electrons. The second-order valence-corrected chi connectivity index (χ2v) is 4.55. The van der Waals surface area contributed by atoms with Crippen LogP contribution in [0.25, 0.3) is 0 Å². The highest BCUT2D eigenvalue weighted by molar-refractivity contribution is 5.03. The molecule has 0 aliphatic heterocycles. The average molecular weight is 242 g/mol. The molecule has 0 saturated carbocycles. The van der Waals surface area contributed by atoms with E-state index in [2.05, 4.69) is 18.3 Å². The van der Waals surface area contributed by atoms with Gasteiger partial charge in [-0.2, -0.15) is 5.26 Å². The van der Waals surface area contributed by atoms with Gasteiger partial charge in [0.1, 0.15) is 5.54 Å². The largest absolute Gasteiger partial charge is 0.379 e. The maximum absolute atomic E-state index is 9.01. The SMILES string of the molecule is CCCCOCCOC(C)CC(C)(C#N)NC. The van der Waals surface area contributed by atoms with Crippen LogP contribution in [0.2, 0.25) is 0 Å². The first-order valence-corrected chi connectivity index (χ1v) is 6.37. The third-order valence-corrected chi connectivity index (χ3v) is 2.77. The van der Waals surface area contributed by atoms with Crippen molar-refractivity contribution < 1.29 is 9.47 Å². The fourth-order valence-electron chi connectivity index (χ4n) is 1.49. The van der Waals surface area contributed by atoms with Crippen molar-refractivity contribution in [1.82, 2.24) is 5.32 Å². The highest BCUT2D eigenvalue weighted by Gasteiger charge is 2.24. The third-order valence-electron chi connectivity index (χ3n) is 2.77. The number of hydrogen-bond donors (Lipinski definition) is 1. The highest BCUT2D eigenvalue weighted by atomic mass is 16.5. The zero-order chi connectivity index (χ0) is 13.1. The van der Waals surface area contributed by atoms with Crippen molar-refractivity contribution in [2.75, 3.05) is 26.9 Å². The molecule has 0 aromatic heterocycles. The van der Waals surface area contributed by atoms with Gasteiger partial charge in [-0.15, -0.1) is 0 Å². The van der Waals surface area contributed by atoms with Gasteiger partial charge in [0.05, 0.1) is 25.4 Å². The summed E-state index contributed by atoms with van der Waals surface area (Å²) < 4.78 is 11.0. The van der Waals surface area contributed by atoms with Gasteiger partial charge < -0.3 is 14.8 Å². The molecule has 0 fully saturated rings. The summed E-state index contributed by atoms with van der Waals surface area (Å²) in [5.41, 5.74) is -0.511. The van der Waals surface area contributed by atoms with E-state index >= 15 is 0 Å². The average Bonchev–Trinajstić information content (AvgIpc) is 2.33. The van der Waals surface area contributed by atoms with E-state index in [1.54, 1.807) is 7.05 Å². The minimum atomic E-state index is -0.511. The van der Waals surface area contributed by atoms with E-state index in [9.17, 15) is 0 Å². The van der Waals surface area contributed by atoms with Crippen molar-refractivity contribution in [3.8, 4) is 6.07 Å². The Hall–Kier alpha value is -0.630. The fraction of sp³-hybridized carbons (Fsp3) is 0.923. The molecule has 0 amide bonds. The molecule has 4 nitrogen and oxygen atoms in total. The molecule has 2 unspecified atom stereocenters. The lowest BCUT2D eigenvalue weighted by Gasteiger charge is -2.24. The van der Waals surface area contributed by atoms with E-state index in [0.717, 1.165) is 19.4 Å². The topological polar surface area (TPSA) is 54.3 Å². The van der Waals surface area contributed by atoms with E-state index in [0.29, 0.717) is 19.6 Å². The Morgan fingerprint density at radius 2 is 2.06 bits per heavy atom. The zero-order valence-corrected chi connectivity index (χ0v) is 11.6. The smallest absolute Gasteiger partial charge is 0.106 e. The molecule has 2 atom stereocenters. The third kappa shape index (κ3) is 8.14. The maximum atomic E-state index is 9.01. The number of nitrogens with zero attached hydrogens (tertiary/aromatic N) is 1. The van der Waals surface area contributed by atoms with E-state index < -0.39 is 5.54 Å². The second-order valence-electron chi connectivity index (χ2n) is 4.55. The zero-order valence-electron chi connectivity index (χ0n) is 11.6. The van der Waals surface area contributed by atoms with Gasteiger partial charge in [-0.05, 0) is 27.3 Å². The summed E-state index contributed by atoms with van der Waals surface area (Å²) in [6, 6.07) is 2.25.